The molecule has 33 heavy (non-hydrogen) atoms. The van der Waals surface area contributed by atoms with Crippen LogP contribution in [0.2, 0.25) is 0 Å². The Bertz CT molecular complexity index is 1350. The summed E-state index contributed by atoms with van der Waals surface area (Å²) in [5.74, 6) is -0.722. The second kappa shape index (κ2) is 8.47. The number of nitrogens with two attached hydrogens (primary N) is 2. The lowest BCUT2D eigenvalue weighted by atomic mass is 9.94. The average molecular weight is 445 g/mol. The van der Waals surface area contributed by atoms with Crippen LogP contribution >= 0.6 is 0 Å². The number of nitrogens with zero attached hydrogens (tertiary/aromatic N) is 4. The Morgan fingerprint density at radius 2 is 2.00 bits per heavy atom. The van der Waals surface area contributed by atoms with Crippen molar-refractivity contribution in [1.29, 1.82) is 0 Å². The molecule has 3 aromatic heterocycles. The topological polar surface area (TPSA) is 155 Å². The molecule has 1 fully saturated rings. The number of aryl methyl sites for hydroxylation is 1. The first-order valence-corrected chi connectivity index (χ1v) is 10.6. The highest BCUT2D eigenvalue weighted by molar-refractivity contribution is 6.05. The monoisotopic (exact) mass is 445 g/mol. The number of ether oxygens (including phenoxy) is 2. The van der Waals surface area contributed by atoms with E-state index >= 15 is 0 Å². The molecule has 5 N–H and O–H groups in total. The number of amides is 1. The van der Waals surface area contributed by atoms with Crippen LogP contribution in [-0.2, 0) is 4.74 Å². The standard InChI is InChI=1S/C23H23N7O3/c1-12-2-3-16-15(11-27-30-16)19(12)14-10-18(28-21(20(14)24)22(25)31)17-4-7-26-23(29-17)33-13-5-8-32-9-6-13/h2-4,7,10-11,13H,5-6,8-9,24H2,1H3,(H2,25,31)(H,27,30). The number of nitrogens with one attached hydrogen (secondary N) is 1. The SMILES string of the molecule is Cc1ccc2[nH]ncc2c1-c1cc(-c2ccnc(OC3CCOCC3)n2)nc(C(N)=O)c1N. The number of aromatic amines is 1. The van der Waals surface area contributed by atoms with Crippen LogP contribution < -0.4 is 16.2 Å². The van der Waals surface area contributed by atoms with E-state index < -0.39 is 5.91 Å². The van der Waals surface area contributed by atoms with Crippen molar-refractivity contribution in [3.63, 3.8) is 0 Å². The Kier molecular flexibility index (Phi) is 5.35. The number of H-pyrrole nitrogens is 1. The normalized spacial score (nSPS) is 14.5. The molecular formula is C23H23N7O3. The van der Waals surface area contributed by atoms with Crippen molar-refractivity contribution < 1.29 is 14.3 Å². The number of aromatic nitrogens is 5. The van der Waals surface area contributed by atoms with Gasteiger partial charge in [0, 0.05) is 30.0 Å². The molecule has 1 saturated heterocycles. The summed E-state index contributed by atoms with van der Waals surface area (Å²) in [5, 5.41) is 7.98. The van der Waals surface area contributed by atoms with Gasteiger partial charge in [-0.15, -0.1) is 0 Å². The molecule has 168 valence electrons. The van der Waals surface area contributed by atoms with Gasteiger partial charge in [-0.1, -0.05) is 6.07 Å². The lowest BCUT2D eigenvalue weighted by molar-refractivity contribution is 0.0217. The Hall–Kier alpha value is -4.05. The van der Waals surface area contributed by atoms with Crippen molar-refractivity contribution in [2.75, 3.05) is 18.9 Å². The second-order valence-electron chi connectivity index (χ2n) is 7.92. The van der Waals surface area contributed by atoms with E-state index in [0.29, 0.717) is 30.2 Å². The van der Waals surface area contributed by atoms with Crippen LogP contribution in [0.3, 0.4) is 0 Å². The molecule has 0 atom stereocenters. The third-order valence-corrected chi connectivity index (χ3v) is 5.73. The molecule has 1 amide bonds. The van der Waals surface area contributed by atoms with Crippen LogP contribution in [0.1, 0.15) is 28.9 Å². The van der Waals surface area contributed by atoms with Gasteiger partial charge in [-0.05, 0) is 36.2 Å². The number of benzene rings is 1. The first-order chi connectivity index (χ1) is 16.0. The van der Waals surface area contributed by atoms with Gasteiger partial charge in [-0.3, -0.25) is 9.89 Å². The zero-order chi connectivity index (χ0) is 22.9. The Labute approximate surface area is 189 Å². The fourth-order valence-corrected chi connectivity index (χ4v) is 4.05. The Morgan fingerprint density at radius 1 is 1.18 bits per heavy atom. The molecule has 4 heterocycles. The summed E-state index contributed by atoms with van der Waals surface area (Å²) in [7, 11) is 0. The highest BCUT2D eigenvalue weighted by Gasteiger charge is 2.21. The molecule has 0 aliphatic carbocycles. The summed E-state index contributed by atoms with van der Waals surface area (Å²) in [4.78, 5) is 25.4. The molecule has 1 aliphatic rings. The fraction of sp³-hybridized carbons (Fsp3) is 0.261. The number of hydrogen-bond donors (Lipinski definition) is 3. The number of primary amides is 1. The number of pyridine rings is 1. The van der Waals surface area contributed by atoms with Gasteiger partial charge in [0.1, 0.15) is 6.10 Å². The molecule has 0 unspecified atom stereocenters. The lowest BCUT2D eigenvalue weighted by Gasteiger charge is -2.22. The van der Waals surface area contributed by atoms with Crippen molar-refractivity contribution in [1.82, 2.24) is 25.1 Å². The van der Waals surface area contributed by atoms with Crippen molar-refractivity contribution in [3.8, 4) is 28.5 Å². The molecule has 0 spiro atoms. The van der Waals surface area contributed by atoms with Gasteiger partial charge in [0.25, 0.3) is 5.91 Å². The first-order valence-electron chi connectivity index (χ1n) is 10.6. The van der Waals surface area contributed by atoms with Crippen LogP contribution in [-0.4, -0.2) is 50.4 Å². The van der Waals surface area contributed by atoms with Crippen molar-refractivity contribution in [2.45, 2.75) is 25.9 Å². The van der Waals surface area contributed by atoms with Crippen molar-refractivity contribution >= 4 is 22.5 Å². The molecule has 0 radical (unpaired) electrons. The zero-order valence-electron chi connectivity index (χ0n) is 18.0. The molecule has 5 rings (SSSR count). The van der Waals surface area contributed by atoms with E-state index in [9.17, 15) is 4.79 Å². The van der Waals surface area contributed by atoms with E-state index in [-0.39, 0.29) is 23.5 Å². The number of carbonyl (C=O) groups is 1. The minimum absolute atomic E-state index is 0.00791. The minimum atomic E-state index is -0.722. The van der Waals surface area contributed by atoms with Crippen LogP contribution in [0, 0.1) is 6.92 Å². The molecule has 10 heteroatoms. The maximum atomic E-state index is 12.2. The van der Waals surface area contributed by atoms with Gasteiger partial charge >= 0.3 is 6.01 Å². The van der Waals surface area contributed by atoms with Crippen LogP contribution in [0.5, 0.6) is 6.01 Å². The van der Waals surface area contributed by atoms with Crippen molar-refractivity contribution in [3.05, 3.63) is 47.9 Å². The van der Waals surface area contributed by atoms with Gasteiger partial charge in [-0.25, -0.2) is 9.97 Å². The largest absolute Gasteiger partial charge is 0.460 e. The molecule has 0 bridgehead atoms. The summed E-state index contributed by atoms with van der Waals surface area (Å²) in [6.07, 6.45) is 4.87. The van der Waals surface area contributed by atoms with Crippen LogP contribution in [0.15, 0.2) is 36.7 Å². The van der Waals surface area contributed by atoms with Crippen LogP contribution in [0.25, 0.3) is 33.4 Å². The van der Waals surface area contributed by atoms with E-state index in [1.807, 2.05) is 19.1 Å². The third-order valence-electron chi connectivity index (χ3n) is 5.73. The maximum absolute atomic E-state index is 12.2. The number of hydrogen-bond acceptors (Lipinski definition) is 8. The van der Waals surface area contributed by atoms with E-state index in [1.54, 1.807) is 24.5 Å². The second-order valence-corrected chi connectivity index (χ2v) is 7.92. The molecule has 10 nitrogen and oxygen atoms in total. The van der Waals surface area contributed by atoms with E-state index in [2.05, 4.69) is 25.1 Å². The van der Waals surface area contributed by atoms with Gasteiger partial charge in [0.2, 0.25) is 0 Å². The first kappa shape index (κ1) is 20.8. The van der Waals surface area contributed by atoms with E-state index in [4.69, 9.17) is 20.9 Å². The van der Waals surface area contributed by atoms with Crippen molar-refractivity contribution in [2.24, 2.45) is 5.73 Å². The number of carbonyl (C=O) groups excluding carboxylic acids is 1. The Balaban J connectivity index is 1.63. The molecule has 4 aromatic rings. The number of fused-ring (bicyclic) bond motifs is 1. The van der Waals surface area contributed by atoms with Gasteiger partial charge in [0.05, 0.1) is 42.0 Å². The predicted octanol–water partition coefficient (Wildman–Crippen LogP) is 2.63. The molecular weight excluding hydrogens is 422 g/mol. The summed E-state index contributed by atoms with van der Waals surface area (Å²) >= 11 is 0. The predicted molar refractivity (Wildman–Crippen MR) is 122 cm³/mol. The maximum Gasteiger partial charge on any atom is 0.317 e. The number of rotatable bonds is 5. The fourth-order valence-electron chi connectivity index (χ4n) is 4.05. The van der Waals surface area contributed by atoms with E-state index in [1.165, 1.54) is 0 Å². The smallest absolute Gasteiger partial charge is 0.317 e. The third kappa shape index (κ3) is 3.96. The quantitative estimate of drug-likeness (QED) is 0.423. The molecule has 1 aliphatic heterocycles. The Morgan fingerprint density at radius 3 is 2.79 bits per heavy atom. The van der Waals surface area contributed by atoms with E-state index in [0.717, 1.165) is 34.9 Å². The minimum Gasteiger partial charge on any atom is -0.460 e. The summed E-state index contributed by atoms with van der Waals surface area (Å²) in [6, 6.07) is 7.66. The summed E-state index contributed by atoms with van der Waals surface area (Å²) in [5.41, 5.74) is 16.4. The van der Waals surface area contributed by atoms with Gasteiger partial charge in [-0.2, -0.15) is 10.1 Å². The zero-order valence-corrected chi connectivity index (χ0v) is 18.0. The van der Waals surface area contributed by atoms with Crippen LogP contribution in [0.4, 0.5) is 5.69 Å². The molecule has 1 aromatic carbocycles. The number of anilines is 1. The van der Waals surface area contributed by atoms with Gasteiger partial charge in [0.15, 0.2) is 5.69 Å². The number of nitrogen functional groups attached to an aromatic ring is 1. The average Bonchev–Trinajstić information content (AvgIpc) is 3.29. The lowest BCUT2D eigenvalue weighted by Crippen LogP contribution is -2.26. The van der Waals surface area contributed by atoms with Gasteiger partial charge < -0.3 is 20.9 Å². The highest BCUT2D eigenvalue weighted by Crippen LogP contribution is 2.37. The molecule has 0 saturated carbocycles. The summed E-state index contributed by atoms with van der Waals surface area (Å²) in [6.45, 7) is 3.26. The summed E-state index contributed by atoms with van der Waals surface area (Å²) < 4.78 is 11.3. The highest BCUT2D eigenvalue weighted by atomic mass is 16.5.